The number of rotatable bonds is 1. The molecule has 1 aliphatic heterocycles. The van der Waals surface area contributed by atoms with E-state index in [9.17, 15) is 4.79 Å². The normalized spacial score (nSPS) is 22.4. The molecule has 1 fully saturated rings. The molecule has 0 saturated carbocycles. The van der Waals surface area contributed by atoms with Crippen LogP contribution in [0, 0.1) is 0 Å². The molecule has 16 heavy (non-hydrogen) atoms. The van der Waals surface area contributed by atoms with Gasteiger partial charge in [0.2, 0.25) is 0 Å². The highest BCUT2D eigenvalue weighted by molar-refractivity contribution is 6.62. The largest absolute Gasteiger partial charge is 0.495 e. The summed E-state index contributed by atoms with van der Waals surface area (Å²) in [5.74, 6) is 0. The van der Waals surface area contributed by atoms with Gasteiger partial charge in [-0.15, -0.1) is 0 Å². The van der Waals surface area contributed by atoms with Crippen molar-refractivity contribution in [3.8, 4) is 0 Å². The van der Waals surface area contributed by atoms with Gasteiger partial charge in [-0.25, -0.2) is 4.79 Å². The van der Waals surface area contributed by atoms with E-state index in [0.717, 1.165) is 0 Å². The summed E-state index contributed by atoms with van der Waals surface area (Å²) in [5.41, 5.74) is -0.497. The molecular weight excluding hydrogens is 207 g/mol. The van der Waals surface area contributed by atoms with E-state index in [1.165, 1.54) is 12.3 Å². The zero-order valence-corrected chi connectivity index (χ0v) is 9.94. The minimum atomic E-state index is -0.505. The molecule has 86 valence electrons. The summed E-state index contributed by atoms with van der Waals surface area (Å²) in [7, 11) is -0.505. The fourth-order valence-corrected chi connectivity index (χ4v) is 1.52. The van der Waals surface area contributed by atoms with Crippen LogP contribution in [0.15, 0.2) is 27.6 Å². The van der Waals surface area contributed by atoms with Crippen LogP contribution in [0.25, 0.3) is 0 Å². The second-order valence-corrected chi connectivity index (χ2v) is 4.97. The average molecular weight is 222 g/mol. The van der Waals surface area contributed by atoms with Gasteiger partial charge in [0.05, 0.1) is 17.5 Å². The second-order valence-electron chi connectivity index (χ2n) is 4.97. The summed E-state index contributed by atoms with van der Waals surface area (Å²) in [5, 5.41) is 0. The smallest absolute Gasteiger partial charge is 0.431 e. The highest BCUT2D eigenvalue weighted by Gasteiger charge is 2.51. The maximum Gasteiger partial charge on any atom is 0.495 e. The van der Waals surface area contributed by atoms with Crippen molar-refractivity contribution in [3.63, 3.8) is 0 Å². The predicted molar refractivity (Wildman–Crippen MR) is 60.7 cm³/mol. The summed E-state index contributed by atoms with van der Waals surface area (Å²) in [4.78, 5) is 11.1. The van der Waals surface area contributed by atoms with E-state index in [4.69, 9.17) is 9.31 Å². The van der Waals surface area contributed by atoms with Gasteiger partial charge in [0.25, 0.3) is 0 Å². The highest BCUT2D eigenvalue weighted by Crippen LogP contribution is 2.36. The Labute approximate surface area is 94.7 Å². The average Bonchev–Trinajstić information content (AvgIpc) is 2.36. The van der Waals surface area contributed by atoms with Crippen LogP contribution in [0.5, 0.6) is 0 Å². The molecule has 0 unspecified atom stereocenters. The van der Waals surface area contributed by atoms with E-state index in [0.29, 0.717) is 5.46 Å². The van der Waals surface area contributed by atoms with Gasteiger partial charge >= 0.3 is 12.7 Å². The van der Waals surface area contributed by atoms with Crippen LogP contribution in [0.3, 0.4) is 0 Å². The lowest BCUT2D eigenvalue weighted by Gasteiger charge is -2.32. The van der Waals surface area contributed by atoms with Crippen molar-refractivity contribution in [2.24, 2.45) is 0 Å². The Bertz CT molecular complexity index is 433. The summed E-state index contributed by atoms with van der Waals surface area (Å²) in [6.45, 7) is 7.88. The van der Waals surface area contributed by atoms with Gasteiger partial charge < -0.3 is 13.7 Å². The molecule has 2 rings (SSSR count). The lowest BCUT2D eigenvalue weighted by Crippen LogP contribution is -2.41. The Balaban J connectivity index is 2.30. The molecule has 5 heteroatoms. The third-order valence-corrected chi connectivity index (χ3v) is 3.25. The maximum absolute atomic E-state index is 11.1. The summed E-state index contributed by atoms with van der Waals surface area (Å²) < 4.78 is 16.3. The molecule has 0 aromatic carbocycles. The molecule has 1 aromatic heterocycles. The van der Waals surface area contributed by atoms with Gasteiger partial charge in [-0.3, -0.25) is 0 Å². The predicted octanol–water partition coefficient (Wildman–Crippen LogP) is 0.939. The molecule has 0 radical (unpaired) electrons. The van der Waals surface area contributed by atoms with Crippen molar-refractivity contribution in [2.75, 3.05) is 0 Å². The Kier molecular flexibility index (Phi) is 2.47. The van der Waals surface area contributed by atoms with Crippen molar-refractivity contribution < 1.29 is 13.7 Å². The van der Waals surface area contributed by atoms with Crippen molar-refractivity contribution in [1.29, 1.82) is 0 Å². The molecule has 0 N–H and O–H groups in total. The van der Waals surface area contributed by atoms with Crippen molar-refractivity contribution >= 4 is 12.6 Å². The molecule has 0 amide bonds. The molecule has 2 heterocycles. The highest BCUT2D eigenvalue weighted by atomic mass is 16.7. The van der Waals surface area contributed by atoms with Gasteiger partial charge in [-0.05, 0) is 39.2 Å². The quantitative estimate of drug-likeness (QED) is 0.663. The minimum Gasteiger partial charge on any atom is -0.431 e. The third-order valence-electron chi connectivity index (χ3n) is 3.25. The van der Waals surface area contributed by atoms with E-state index >= 15 is 0 Å². The summed E-state index contributed by atoms with van der Waals surface area (Å²) in [6, 6.07) is 3.08. The van der Waals surface area contributed by atoms with Gasteiger partial charge in [-0.2, -0.15) is 0 Å². The first-order chi connectivity index (χ1) is 7.32. The molecule has 1 saturated heterocycles. The van der Waals surface area contributed by atoms with Crippen molar-refractivity contribution in [3.05, 3.63) is 28.8 Å². The molecule has 4 nitrogen and oxygen atoms in total. The maximum atomic E-state index is 11.1. The molecule has 0 bridgehead atoms. The van der Waals surface area contributed by atoms with Crippen LogP contribution >= 0.6 is 0 Å². The third kappa shape index (κ3) is 1.81. The fourth-order valence-electron chi connectivity index (χ4n) is 1.52. The first-order valence-electron chi connectivity index (χ1n) is 5.26. The topological polar surface area (TPSA) is 48.7 Å². The van der Waals surface area contributed by atoms with Crippen LogP contribution in [0.1, 0.15) is 27.7 Å². The van der Waals surface area contributed by atoms with Crippen LogP contribution < -0.4 is 11.1 Å². The Hall–Kier alpha value is -1.07. The lowest BCUT2D eigenvalue weighted by molar-refractivity contribution is 0.00578. The summed E-state index contributed by atoms with van der Waals surface area (Å²) in [6.07, 6.45) is 1.35. The SMILES string of the molecule is CC1(C)OB(c2ccoc(=O)c2)OC1(C)C. The molecular formula is C11H15BO4. The van der Waals surface area contributed by atoms with Crippen molar-refractivity contribution in [2.45, 2.75) is 38.9 Å². The fraction of sp³-hybridized carbons (Fsp3) is 0.545. The zero-order valence-electron chi connectivity index (χ0n) is 9.94. The van der Waals surface area contributed by atoms with Gasteiger partial charge in [-0.1, -0.05) is 0 Å². The van der Waals surface area contributed by atoms with E-state index in [-0.39, 0.29) is 0 Å². The van der Waals surface area contributed by atoms with E-state index in [2.05, 4.69) is 4.42 Å². The number of hydrogen-bond donors (Lipinski definition) is 0. The molecule has 0 aliphatic carbocycles. The first kappa shape index (κ1) is 11.4. The van der Waals surface area contributed by atoms with E-state index < -0.39 is 23.9 Å². The van der Waals surface area contributed by atoms with Crippen LogP contribution in [0.2, 0.25) is 0 Å². The molecule has 0 spiro atoms. The Morgan fingerprint density at radius 2 is 1.69 bits per heavy atom. The molecule has 1 aliphatic rings. The summed E-state index contributed by atoms with van der Waals surface area (Å²) >= 11 is 0. The van der Waals surface area contributed by atoms with E-state index in [1.54, 1.807) is 6.07 Å². The van der Waals surface area contributed by atoms with Crippen molar-refractivity contribution in [1.82, 2.24) is 0 Å². The Morgan fingerprint density at radius 1 is 1.12 bits per heavy atom. The van der Waals surface area contributed by atoms with Gasteiger partial charge in [0.1, 0.15) is 0 Å². The van der Waals surface area contributed by atoms with Crippen LogP contribution in [0.4, 0.5) is 0 Å². The lowest BCUT2D eigenvalue weighted by atomic mass is 9.80. The first-order valence-corrected chi connectivity index (χ1v) is 5.26. The van der Waals surface area contributed by atoms with E-state index in [1.807, 2.05) is 27.7 Å². The Morgan fingerprint density at radius 3 is 2.19 bits per heavy atom. The van der Waals surface area contributed by atoms with Crippen LogP contribution in [-0.2, 0) is 9.31 Å². The van der Waals surface area contributed by atoms with Gasteiger partial charge in [0, 0.05) is 6.07 Å². The van der Waals surface area contributed by atoms with Gasteiger partial charge in [0.15, 0.2) is 0 Å². The minimum absolute atomic E-state index is 0.395. The zero-order chi connectivity index (χ0) is 12.0. The molecule has 1 aromatic rings. The monoisotopic (exact) mass is 222 g/mol. The van der Waals surface area contributed by atoms with Crippen LogP contribution in [-0.4, -0.2) is 18.3 Å². The molecule has 0 atom stereocenters. The standard InChI is InChI=1S/C11H15BO4/c1-10(2)11(3,4)16-12(15-10)8-5-6-14-9(13)7-8/h5-7H,1-4H3. The second kappa shape index (κ2) is 3.47. The number of hydrogen-bond acceptors (Lipinski definition) is 4.